The van der Waals surface area contributed by atoms with Crippen molar-refractivity contribution in [3.05, 3.63) is 33.9 Å². The van der Waals surface area contributed by atoms with Gasteiger partial charge in [-0.3, -0.25) is 19.7 Å². The summed E-state index contributed by atoms with van der Waals surface area (Å²) < 4.78 is 9.84. The van der Waals surface area contributed by atoms with Gasteiger partial charge < -0.3 is 9.47 Å². The second kappa shape index (κ2) is 7.22. The Morgan fingerprint density at radius 3 is 2.65 bits per heavy atom. The van der Waals surface area contributed by atoms with Gasteiger partial charge in [0.1, 0.15) is 18.8 Å². The standard InChI is InChI=1S/C13H15NO6/c1-3-19-13(16)7-11(15)8-20-12-6-10(14(17)18)5-4-9(12)2/h4-6H,3,7-8H2,1-2H3. The molecule has 0 aliphatic rings. The minimum absolute atomic E-state index is 0.122. The molecule has 0 N–H and O–H groups in total. The lowest BCUT2D eigenvalue weighted by Gasteiger charge is -2.08. The Labute approximate surface area is 115 Å². The summed E-state index contributed by atoms with van der Waals surface area (Å²) in [4.78, 5) is 32.7. The lowest BCUT2D eigenvalue weighted by Crippen LogP contribution is -2.17. The number of ketones is 1. The fraction of sp³-hybridized carbons (Fsp3) is 0.385. The quantitative estimate of drug-likeness (QED) is 0.327. The van der Waals surface area contributed by atoms with Gasteiger partial charge in [0.2, 0.25) is 0 Å². The van der Waals surface area contributed by atoms with Gasteiger partial charge in [0.05, 0.1) is 17.6 Å². The zero-order chi connectivity index (χ0) is 15.1. The molecule has 1 aromatic carbocycles. The van der Waals surface area contributed by atoms with Crippen LogP contribution in [-0.4, -0.2) is 29.9 Å². The predicted molar refractivity (Wildman–Crippen MR) is 69.6 cm³/mol. The van der Waals surface area contributed by atoms with Gasteiger partial charge in [-0.1, -0.05) is 0 Å². The summed E-state index contributed by atoms with van der Waals surface area (Å²) in [6.07, 6.45) is -0.373. The Bertz CT molecular complexity index is 526. The molecule has 1 aromatic rings. The zero-order valence-electron chi connectivity index (χ0n) is 11.3. The van der Waals surface area contributed by atoms with Crippen LogP contribution in [0.5, 0.6) is 5.75 Å². The largest absolute Gasteiger partial charge is 0.485 e. The number of carbonyl (C=O) groups excluding carboxylic acids is 2. The summed E-state index contributed by atoms with van der Waals surface area (Å²) in [6, 6.07) is 4.12. The first kappa shape index (κ1) is 15.6. The molecule has 0 unspecified atom stereocenters. The van der Waals surface area contributed by atoms with Gasteiger partial charge in [0.25, 0.3) is 5.69 Å². The van der Waals surface area contributed by atoms with E-state index in [9.17, 15) is 19.7 Å². The van der Waals surface area contributed by atoms with Crippen LogP contribution in [0.4, 0.5) is 5.69 Å². The molecule has 0 atom stereocenters. The number of nitro groups is 1. The molecule has 0 saturated heterocycles. The topological polar surface area (TPSA) is 95.7 Å². The van der Waals surface area contributed by atoms with E-state index in [4.69, 9.17) is 4.74 Å². The number of nitrogens with zero attached hydrogens (tertiary/aromatic N) is 1. The van der Waals surface area contributed by atoms with Crippen molar-refractivity contribution in [2.45, 2.75) is 20.3 Å². The number of benzene rings is 1. The first-order chi connectivity index (χ1) is 9.43. The van der Waals surface area contributed by atoms with E-state index in [0.717, 1.165) is 0 Å². The van der Waals surface area contributed by atoms with E-state index in [1.807, 2.05) is 0 Å². The van der Waals surface area contributed by atoms with Crippen molar-refractivity contribution < 1.29 is 24.0 Å². The summed E-state index contributed by atoms with van der Waals surface area (Å²) in [5.41, 5.74) is 0.544. The molecule has 0 fully saturated rings. The van der Waals surface area contributed by atoms with Crippen LogP contribution in [0.2, 0.25) is 0 Å². The number of aryl methyl sites for hydroxylation is 1. The van der Waals surface area contributed by atoms with Crippen LogP contribution in [0, 0.1) is 17.0 Å². The van der Waals surface area contributed by atoms with Crippen LogP contribution in [-0.2, 0) is 14.3 Å². The van der Waals surface area contributed by atoms with E-state index in [1.165, 1.54) is 18.2 Å². The molecule has 0 bridgehead atoms. The summed E-state index contributed by atoms with van der Waals surface area (Å²) in [5, 5.41) is 10.6. The van der Waals surface area contributed by atoms with Crippen molar-refractivity contribution in [3.63, 3.8) is 0 Å². The van der Waals surface area contributed by atoms with Gasteiger partial charge in [0, 0.05) is 6.07 Å². The van der Waals surface area contributed by atoms with Gasteiger partial charge in [-0.25, -0.2) is 0 Å². The monoisotopic (exact) mass is 281 g/mol. The van der Waals surface area contributed by atoms with Crippen molar-refractivity contribution in [3.8, 4) is 5.75 Å². The maximum Gasteiger partial charge on any atom is 0.313 e. The Kier molecular flexibility index (Phi) is 5.64. The maximum absolute atomic E-state index is 11.5. The molecule has 0 aliphatic carbocycles. The molecule has 0 amide bonds. The molecule has 1 rings (SSSR count). The number of non-ortho nitro benzene ring substituents is 1. The van der Waals surface area contributed by atoms with E-state index >= 15 is 0 Å². The van der Waals surface area contributed by atoms with Gasteiger partial charge >= 0.3 is 5.97 Å². The van der Waals surface area contributed by atoms with Crippen molar-refractivity contribution in [2.75, 3.05) is 13.2 Å². The molecule has 7 nitrogen and oxygen atoms in total. The average molecular weight is 281 g/mol. The molecule has 7 heteroatoms. The fourth-order valence-corrected chi connectivity index (χ4v) is 1.44. The molecule has 0 heterocycles. The molecule has 0 spiro atoms. The lowest BCUT2D eigenvalue weighted by molar-refractivity contribution is -0.384. The smallest absolute Gasteiger partial charge is 0.313 e. The van der Waals surface area contributed by atoms with Crippen LogP contribution in [0.25, 0.3) is 0 Å². The summed E-state index contributed by atoms with van der Waals surface area (Å²) >= 11 is 0. The first-order valence-corrected chi connectivity index (χ1v) is 5.99. The Hall–Kier alpha value is -2.44. The average Bonchev–Trinajstić information content (AvgIpc) is 2.37. The second-order valence-electron chi connectivity index (χ2n) is 4.02. The number of rotatable bonds is 7. The number of hydrogen-bond donors (Lipinski definition) is 0. The van der Waals surface area contributed by atoms with Crippen LogP contribution in [0.15, 0.2) is 18.2 Å². The number of hydrogen-bond acceptors (Lipinski definition) is 6. The Morgan fingerprint density at radius 2 is 2.05 bits per heavy atom. The highest BCUT2D eigenvalue weighted by Gasteiger charge is 2.13. The van der Waals surface area contributed by atoms with Crippen molar-refractivity contribution in [2.24, 2.45) is 0 Å². The van der Waals surface area contributed by atoms with Gasteiger partial charge in [0.15, 0.2) is 5.78 Å². The van der Waals surface area contributed by atoms with E-state index < -0.39 is 16.7 Å². The SMILES string of the molecule is CCOC(=O)CC(=O)COc1cc([N+](=O)[O-])ccc1C. The van der Waals surface area contributed by atoms with E-state index in [2.05, 4.69) is 4.74 Å². The summed E-state index contributed by atoms with van der Waals surface area (Å²) in [7, 11) is 0. The van der Waals surface area contributed by atoms with E-state index in [1.54, 1.807) is 13.8 Å². The molecule has 0 aromatic heterocycles. The van der Waals surface area contributed by atoms with Gasteiger partial charge in [-0.2, -0.15) is 0 Å². The van der Waals surface area contributed by atoms with Gasteiger partial charge in [-0.15, -0.1) is 0 Å². The number of carbonyl (C=O) groups is 2. The molecule has 0 aliphatic heterocycles. The molecule has 0 saturated carbocycles. The van der Waals surface area contributed by atoms with Crippen LogP contribution < -0.4 is 4.74 Å². The summed E-state index contributed by atoms with van der Waals surface area (Å²) in [6.45, 7) is 3.22. The highest BCUT2D eigenvalue weighted by atomic mass is 16.6. The minimum Gasteiger partial charge on any atom is -0.485 e. The third kappa shape index (κ3) is 4.68. The van der Waals surface area contributed by atoms with E-state index in [0.29, 0.717) is 5.56 Å². The molecule has 20 heavy (non-hydrogen) atoms. The third-order valence-electron chi connectivity index (χ3n) is 2.42. The Morgan fingerprint density at radius 1 is 1.35 bits per heavy atom. The fourth-order valence-electron chi connectivity index (χ4n) is 1.44. The number of nitro benzene ring substituents is 1. The molecular formula is C13H15NO6. The maximum atomic E-state index is 11.5. The van der Waals surface area contributed by atoms with Gasteiger partial charge in [-0.05, 0) is 25.5 Å². The minimum atomic E-state index is -0.614. The normalized spacial score (nSPS) is 9.90. The second-order valence-corrected chi connectivity index (χ2v) is 4.02. The third-order valence-corrected chi connectivity index (χ3v) is 2.42. The highest BCUT2D eigenvalue weighted by molar-refractivity contribution is 5.96. The molecule has 108 valence electrons. The number of Topliss-reactive ketones (excluding diaryl/α,β-unsaturated/α-hetero) is 1. The Balaban J connectivity index is 2.61. The zero-order valence-corrected chi connectivity index (χ0v) is 11.3. The van der Waals surface area contributed by atoms with Crippen molar-refractivity contribution in [1.82, 2.24) is 0 Å². The van der Waals surface area contributed by atoms with E-state index in [-0.39, 0.29) is 31.1 Å². The van der Waals surface area contributed by atoms with Crippen LogP contribution in [0.3, 0.4) is 0 Å². The van der Waals surface area contributed by atoms with Crippen LogP contribution >= 0.6 is 0 Å². The predicted octanol–water partition coefficient (Wildman–Crippen LogP) is 1.80. The first-order valence-electron chi connectivity index (χ1n) is 5.99. The summed E-state index contributed by atoms with van der Waals surface area (Å²) in [5.74, 6) is -0.817. The highest BCUT2D eigenvalue weighted by Crippen LogP contribution is 2.23. The molecule has 0 radical (unpaired) electrons. The van der Waals surface area contributed by atoms with Crippen molar-refractivity contribution in [1.29, 1.82) is 0 Å². The van der Waals surface area contributed by atoms with Crippen molar-refractivity contribution >= 4 is 17.4 Å². The molecular weight excluding hydrogens is 266 g/mol. The number of esters is 1. The number of ether oxygens (including phenoxy) is 2. The van der Waals surface area contributed by atoms with Crippen LogP contribution in [0.1, 0.15) is 18.9 Å². The lowest BCUT2D eigenvalue weighted by atomic mass is 10.2.